The summed E-state index contributed by atoms with van der Waals surface area (Å²) in [6.45, 7) is 0. The molecule has 0 radical (unpaired) electrons. The van der Waals surface area contributed by atoms with E-state index in [1.165, 1.54) is 6.20 Å². The normalized spacial score (nSPS) is 10.5. The highest BCUT2D eigenvalue weighted by Gasteiger charge is 2.22. The number of carbonyl (C=O) groups is 1. The molecule has 0 aliphatic heterocycles. The van der Waals surface area contributed by atoms with Gasteiger partial charge in [-0.05, 0) is 57.3 Å². The molecule has 0 aliphatic rings. The van der Waals surface area contributed by atoms with E-state index in [1.807, 2.05) is 45.2 Å². The third kappa shape index (κ3) is 3.54. The second kappa shape index (κ2) is 6.57. The van der Waals surface area contributed by atoms with Gasteiger partial charge in [0.15, 0.2) is 11.6 Å². The van der Waals surface area contributed by atoms with Crippen molar-refractivity contribution in [2.45, 2.75) is 0 Å². The number of rotatable bonds is 3. The lowest BCUT2D eigenvalue weighted by molar-refractivity contribution is 0.0697. The topological polar surface area (TPSA) is 62.2 Å². The first kappa shape index (κ1) is 16.6. The smallest absolute Gasteiger partial charge is 0.337 e. The van der Waals surface area contributed by atoms with Crippen molar-refractivity contribution in [1.82, 2.24) is 4.98 Å². The van der Waals surface area contributed by atoms with E-state index >= 15 is 0 Å². The van der Waals surface area contributed by atoms with Crippen LogP contribution in [0.25, 0.3) is 0 Å². The highest BCUT2D eigenvalue weighted by molar-refractivity contribution is 14.1. The molecule has 0 fully saturated rings. The van der Waals surface area contributed by atoms with Crippen LogP contribution < -0.4 is 5.32 Å². The highest BCUT2D eigenvalue weighted by atomic mass is 127. The second-order valence-electron chi connectivity index (χ2n) is 3.82. The van der Waals surface area contributed by atoms with Gasteiger partial charge in [0.05, 0.1) is 19.8 Å². The first-order valence-electron chi connectivity index (χ1n) is 5.30. The van der Waals surface area contributed by atoms with Crippen LogP contribution in [0.5, 0.6) is 0 Å². The van der Waals surface area contributed by atoms with E-state index in [0.29, 0.717) is 3.57 Å². The standard InChI is InChI=1S/C12H5ClF2I2N2O2/c13-6-2-5(12(20)21)10(9(15)8(6)14)19-11-7(17)1-4(16)3-18-11/h1-3H,(H,18,19)(H,20,21). The molecule has 21 heavy (non-hydrogen) atoms. The van der Waals surface area contributed by atoms with Gasteiger partial charge in [0.1, 0.15) is 5.82 Å². The molecule has 2 rings (SSSR count). The number of anilines is 2. The fourth-order valence-electron chi connectivity index (χ4n) is 1.51. The molecule has 0 atom stereocenters. The number of halogens is 5. The summed E-state index contributed by atoms with van der Waals surface area (Å²) in [6.07, 6.45) is 1.51. The van der Waals surface area contributed by atoms with Gasteiger partial charge in [-0.25, -0.2) is 18.6 Å². The predicted molar refractivity (Wildman–Crippen MR) is 91.3 cm³/mol. The summed E-state index contributed by atoms with van der Waals surface area (Å²) in [5.74, 6) is -3.89. The van der Waals surface area contributed by atoms with Crippen LogP contribution in [0.4, 0.5) is 20.3 Å². The Balaban J connectivity index is 2.57. The van der Waals surface area contributed by atoms with Crippen LogP contribution in [0.1, 0.15) is 10.4 Å². The Labute approximate surface area is 150 Å². The molecule has 4 nitrogen and oxygen atoms in total. The number of hydrogen-bond acceptors (Lipinski definition) is 3. The molecule has 0 spiro atoms. The molecule has 1 heterocycles. The molecule has 0 amide bonds. The summed E-state index contributed by atoms with van der Waals surface area (Å²) in [5, 5.41) is 11.0. The molecule has 110 valence electrons. The van der Waals surface area contributed by atoms with Gasteiger partial charge in [-0.2, -0.15) is 0 Å². The summed E-state index contributed by atoms with van der Waals surface area (Å²) in [6, 6.07) is 2.60. The number of aromatic carboxylic acids is 1. The molecule has 1 aromatic heterocycles. The highest BCUT2D eigenvalue weighted by Crippen LogP contribution is 2.32. The van der Waals surface area contributed by atoms with E-state index in [9.17, 15) is 13.6 Å². The molecular weight excluding hydrogens is 531 g/mol. The van der Waals surface area contributed by atoms with Gasteiger partial charge in [-0.15, -0.1) is 0 Å². The van der Waals surface area contributed by atoms with Gasteiger partial charge >= 0.3 is 5.97 Å². The Morgan fingerprint density at radius 1 is 1.29 bits per heavy atom. The van der Waals surface area contributed by atoms with Gasteiger partial charge < -0.3 is 10.4 Å². The SMILES string of the molecule is O=C(O)c1cc(Cl)c(F)c(F)c1Nc1ncc(I)cc1I. The maximum absolute atomic E-state index is 14.0. The fraction of sp³-hybridized carbons (Fsp3) is 0. The number of carboxylic acid groups (broad SMARTS) is 1. The van der Waals surface area contributed by atoms with Crippen LogP contribution in [0.2, 0.25) is 5.02 Å². The predicted octanol–water partition coefficient (Wildman–Crippen LogP) is 4.66. The lowest BCUT2D eigenvalue weighted by Crippen LogP contribution is -2.09. The fourth-order valence-corrected chi connectivity index (χ4v) is 3.36. The lowest BCUT2D eigenvalue weighted by Gasteiger charge is -2.13. The Morgan fingerprint density at radius 2 is 1.95 bits per heavy atom. The zero-order chi connectivity index (χ0) is 15.7. The van der Waals surface area contributed by atoms with Crippen molar-refractivity contribution >= 4 is 74.3 Å². The summed E-state index contributed by atoms with van der Waals surface area (Å²) in [7, 11) is 0. The number of nitrogens with one attached hydrogen (secondary N) is 1. The van der Waals surface area contributed by atoms with Crippen LogP contribution in [-0.4, -0.2) is 16.1 Å². The van der Waals surface area contributed by atoms with Crippen molar-refractivity contribution in [3.63, 3.8) is 0 Å². The van der Waals surface area contributed by atoms with Gasteiger partial charge in [0, 0.05) is 9.77 Å². The van der Waals surface area contributed by atoms with Crippen molar-refractivity contribution < 1.29 is 18.7 Å². The average molecular weight is 536 g/mol. The first-order valence-corrected chi connectivity index (χ1v) is 7.83. The zero-order valence-corrected chi connectivity index (χ0v) is 15.0. The van der Waals surface area contributed by atoms with E-state index in [4.69, 9.17) is 16.7 Å². The van der Waals surface area contributed by atoms with Crippen molar-refractivity contribution in [1.29, 1.82) is 0 Å². The van der Waals surface area contributed by atoms with Crippen molar-refractivity contribution in [2.75, 3.05) is 5.32 Å². The largest absolute Gasteiger partial charge is 0.478 e. The zero-order valence-electron chi connectivity index (χ0n) is 9.92. The van der Waals surface area contributed by atoms with E-state index in [-0.39, 0.29) is 5.82 Å². The minimum absolute atomic E-state index is 0.221. The maximum atomic E-state index is 14.0. The monoisotopic (exact) mass is 536 g/mol. The van der Waals surface area contributed by atoms with Gasteiger partial charge in [-0.3, -0.25) is 0 Å². The lowest BCUT2D eigenvalue weighted by atomic mass is 10.1. The minimum atomic E-state index is -1.43. The molecule has 2 N–H and O–H groups in total. The van der Waals surface area contributed by atoms with E-state index < -0.39 is 33.9 Å². The third-order valence-corrected chi connectivity index (χ3v) is 4.13. The van der Waals surface area contributed by atoms with Gasteiger partial charge in [0.25, 0.3) is 0 Å². The van der Waals surface area contributed by atoms with Crippen LogP contribution in [0, 0.1) is 18.8 Å². The average Bonchev–Trinajstić information content (AvgIpc) is 2.41. The summed E-state index contributed by atoms with van der Waals surface area (Å²) >= 11 is 9.46. The molecule has 0 aliphatic carbocycles. The van der Waals surface area contributed by atoms with Crippen LogP contribution in [-0.2, 0) is 0 Å². The quantitative estimate of drug-likeness (QED) is 0.443. The van der Waals surface area contributed by atoms with Gasteiger partial charge in [-0.1, -0.05) is 11.6 Å². The molecule has 9 heteroatoms. The number of nitrogens with zero attached hydrogens (tertiary/aromatic N) is 1. The molecule has 2 aromatic rings. The van der Waals surface area contributed by atoms with Gasteiger partial charge in [0.2, 0.25) is 0 Å². The maximum Gasteiger partial charge on any atom is 0.337 e. The third-order valence-electron chi connectivity index (χ3n) is 2.44. The summed E-state index contributed by atoms with van der Waals surface area (Å²) < 4.78 is 29.0. The molecular formula is C12H5ClF2I2N2O2. The number of carboxylic acids is 1. The Morgan fingerprint density at radius 3 is 2.52 bits per heavy atom. The van der Waals surface area contributed by atoms with Crippen LogP contribution in [0.15, 0.2) is 18.3 Å². The number of benzene rings is 1. The molecule has 0 saturated heterocycles. The number of pyridine rings is 1. The molecule has 1 aromatic carbocycles. The summed E-state index contributed by atoms with van der Waals surface area (Å²) in [5.41, 5.74) is -0.994. The van der Waals surface area contributed by atoms with Crippen molar-refractivity contribution in [3.8, 4) is 0 Å². The second-order valence-corrected chi connectivity index (χ2v) is 6.64. The van der Waals surface area contributed by atoms with Crippen LogP contribution in [0.3, 0.4) is 0 Å². The molecule has 0 bridgehead atoms. The Bertz CT molecular complexity index is 744. The van der Waals surface area contributed by atoms with E-state index in [0.717, 1.165) is 9.64 Å². The molecule has 0 saturated carbocycles. The van der Waals surface area contributed by atoms with Crippen molar-refractivity contribution in [2.24, 2.45) is 0 Å². The Hall–Kier alpha value is -0.750. The summed E-state index contributed by atoms with van der Waals surface area (Å²) in [4.78, 5) is 15.2. The minimum Gasteiger partial charge on any atom is -0.478 e. The first-order chi connectivity index (χ1) is 9.81. The van der Waals surface area contributed by atoms with Crippen LogP contribution >= 0.6 is 56.8 Å². The van der Waals surface area contributed by atoms with E-state index in [2.05, 4.69) is 10.3 Å². The number of aromatic nitrogens is 1. The Kier molecular flexibility index (Phi) is 5.20. The van der Waals surface area contributed by atoms with Crippen molar-refractivity contribution in [3.05, 3.63) is 47.7 Å². The van der Waals surface area contributed by atoms with E-state index in [1.54, 1.807) is 6.07 Å². The number of hydrogen-bond donors (Lipinski definition) is 2. The molecule has 0 unspecified atom stereocenters.